The van der Waals surface area contributed by atoms with Crippen molar-refractivity contribution in [2.45, 2.75) is 16.2 Å². The first kappa shape index (κ1) is 73.2. The van der Waals surface area contributed by atoms with E-state index in [1.165, 1.54) is 187 Å². The zero-order chi connectivity index (χ0) is 85.8. The molecule has 24 aromatic rings. The van der Waals surface area contributed by atoms with Crippen molar-refractivity contribution < 1.29 is 14.2 Å². The van der Waals surface area contributed by atoms with Crippen molar-refractivity contribution in [2.75, 3.05) is 0 Å². The molecule has 6 aliphatic heterocycles. The summed E-state index contributed by atoms with van der Waals surface area (Å²) in [4.78, 5) is 0. The summed E-state index contributed by atoms with van der Waals surface area (Å²) in [5.41, 5.74) is 33.3. The van der Waals surface area contributed by atoms with Crippen molar-refractivity contribution in [3.63, 3.8) is 0 Å². The van der Waals surface area contributed by atoms with E-state index >= 15 is 0 Å². The lowest BCUT2D eigenvalue weighted by Crippen LogP contribution is -2.37. The molecule has 0 saturated heterocycles. The largest absolute Gasteiger partial charge is 0.456 e. The minimum absolute atomic E-state index is 0.558. The van der Waals surface area contributed by atoms with Gasteiger partial charge in [0.15, 0.2) is 0 Å². The molecule has 30 rings (SSSR count). The van der Waals surface area contributed by atoms with Crippen LogP contribution >= 0.6 is 0 Å². The molecule has 0 N–H and O–H groups in total. The normalized spacial score (nSPS) is 16.1. The first-order chi connectivity index (χ1) is 65.0. The van der Waals surface area contributed by atoms with E-state index in [1.54, 1.807) is 0 Å². The van der Waals surface area contributed by atoms with Crippen LogP contribution < -0.4 is 14.2 Å². The van der Waals surface area contributed by atoms with E-state index < -0.39 is 16.2 Å². The molecule has 3 atom stereocenters. The minimum atomic E-state index is -0.565. The van der Waals surface area contributed by atoms with E-state index in [4.69, 9.17) is 14.2 Å². The van der Waals surface area contributed by atoms with Crippen LogP contribution in [0.5, 0.6) is 34.5 Å². The molecule has 6 heteroatoms. The molecule has 6 aliphatic rings. The molecule has 0 amide bonds. The van der Waals surface area contributed by atoms with Gasteiger partial charge in [0.25, 0.3) is 0 Å². The quantitative estimate of drug-likeness (QED) is 0.176. The second-order valence-corrected chi connectivity index (χ2v) is 35.3. The fourth-order valence-corrected chi connectivity index (χ4v) is 24.0. The number of nitrogens with zero attached hydrogens (tertiary/aromatic N) is 3. The molecule has 0 radical (unpaired) electrons. The Kier molecular flexibility index (Phi) is 15.6. The zero-order valence-electron chi connectivity index (χ0n) is 71.0. The van der Waals surface area contributed by atoms with Crippen LogP contribution in [-0.2, 0) is 16.2 Å². The molecule has 6 nitrogen and oxygen atoms in total. The Morgan fingerprint density at radius 2 is 0.450 bits per heavy atom. The molecular formula is C125H77N3O3. The number of benzene rings is 21. The van der Waals surface area contributed by atoms with Crippen LogP contribution in [0, 0.1) is 0 Å². The molecule has 610 valence electrons. The van der Waals surface area contributed by atoms with Crippen LogP contribution in [-0.4, -0.2) is 13.7 Å². The van der Waals surface area contributed by atoms with Crippen LogP contribution in [0.4, 0.5) is 0 Å². The van der Waals surface area contributed by atoms with Crippen LogP contribution in [0.15, 0.2) is 467 Å². The summed E-state index contributed by atoms with van der Waals surface area (Å²) in [5, 5.41) is 12.6. The van der Waals surface area contributed by atoms with Gasteiger partial charge in [-0.25, -0.2) is 0 Å². The van der Waals surface area contributed by atoms with Gasteiger partial charge in [-0.3, -0.25) is 0 Å². The first-order valence-electron chi connectivity index (χ1n) is 45.3. The van der Waals surface area contributed by atoms with E-state index in [0.29, 0.717) is 0 Å². The molecule has 131 heavy (non-hydrogen) atoms. The lowest BCUT2D eigenvalue weighted by Gasteiger charge is -2.45. The zero-order valence-corrected chi connectivity index (χ0v) is 71.0. The maximum atomic E-state index is 6.99. The Bertz CT molecular complexity index is 8990. The molecule has 0 fully saturated rings. The van der Waals surface area contributed by atoms with Crippen molar-refractivity contribution in [2.24, 2.45) is 0 Å². The maximum Gasteiger partial charge on any atom is 0.140 e. The standard InChI is InChI=1S/C43H27NO.2C41H25NO/c1-2-12-28(13-3-1)29-24-26-30(27-25-29)31-15-10-20-37-42(31)45-40-23-9-6-18-35(40)43(37)34-17-5-8-22-39(34)44-38-21-7-4-14-32(38)33-16-11-19-36(43)41(33)44;1-2-14-27-26(12-1)13-9-16-28(27)31-18-11-22-35-40(31)43-38-25-8-5-20-33(38)41(35)32-19-4-7-24-37(32)42-36-23-6-3-15-29(36)30-17-10-21-34(41)39(30)42;1-2-12-27-25-28(24-23-26(27)11-1)29-14-9-19-35-40(29)43-38-22-8-5-17-33(38)41(35)32-16-4-7-21-37(32)42-36-20-6-3-13-30(36)31-15-10-18-34(41)39(31)42/h1-27H;2*1-25H. The Labute approximate surface area is 755 Å². The van der Waals surface area contributed by atoms with Crippen LogP contribution in [0.2, 0.25) is 0 Å². The minimum Gasteiger partial charge on any atom is -0.456 e. The Morgan fingerprint density at radius 3 is 0.916 bits per heavy atom. The molecule has 21 aromatic carbocycles. The molecular weight excluding hydrogens is 1590 g/mol. The van der Waals surface area contributed by atoms with Crippen molar-refractivity contribution in [1.29, 1.82) is 0 Å². The van der Waals surface area contributed by atoms with Gasteiger partial charge in [0.05, 0.1) is 66.4 Å². The average molecular weight is 1670 g/mol. The van der Waals surface area contributed by atoms with Gasteiger partial charge in [-0.1, -0.05) is 406 Å². The maximum absolute atomic E-state index is 6.99. The van der Waals surface area contributed by atoms with Gasteiger partial charge in [-0.05, 0) is 143 Å². The SMILES string of the molecule is c1ccc(-c2ccc(-c3cccc4c3Oc3ccccc3C43c4ccccc4-n4c5ccccc5c5cccc3c54)cc2)cc1.c1ccc2c(c1)Oc1c(-c3ccc4ccccc4c3)cccc1C21c2ccccc2-n2c3ccccc3c3cccc1c32.c1ccc2c(c1)Oc1c(-c3cccc4ccccc34)cccc1C21c2ccccc2-n2c3ccccc3c3cccc1c32. The lowest BCUT2D eigenvalue weighted by atomic mass is 9.61. The van der Waals surface area contributed by atoms with Crippen molar-refractivity contribution in [3.8, 4) is 96.1 Å². The highest BCUT2D eigenvalue weighted by molar-refractivity contribution is 6.16. The molecule has 0 aliphatic carbocycles. The van der Waals surface area contributed by atoms with E-state index in [1.807, 2.05) is 0 Å². The predicted molar refractivity (Wildman–Crippen MR) is 535 cm³/mol. The van der Waals surface area contributed by atoms with Crippen molar-refractivity contribution in [1.82, 2.24) is 13.7 Å². The topological polar surface area (TPSA) is 42.5 Å². The molecule has 3 spiro atoms. The summed E-state index contributed by atoms with van der Waals surface area (Å²) >= 11 is 0. The van der Waals surface area contributed by atoms with E-state index in [2.05, 4.69) is 481 Å². The number of hydrogen-bond acceptors (Lipinski definition) is 3. The molecule has 3 unspecified atom stereocenters. The molecule has 0 saturated carbocycles. The lowest BCUT2D eigenvalue weighted by molar-refractivity contribution is 0.435. The summed E-state index contributed by atoms with van der Waals surface area (Å²) in [6.07, 6.45) is 0. The third kappa shape index (κ3) is 9.99. The van der Waals surface area contributed by atoms with Crippen LogP contribution in [0.25, 0.3) is 149 Å². The summed E-state index contributed by atoms with van der Waals surface area (Å²) in [7, 11) is 0. The summed E-state index contributed by atoms with van der Waals surface area (Å²) in [5.74, 6) is 5.47. The number of para-hydroxylation sites is 15. The summed E-state index contributed by atoms with van der Waals surface area (Å²) in [6, 6.07) is 170. The first-order valence-corrected chi connectivity index (χ1v) is 45.3. The highest BCUT2D eigenvalue weighted by atomic mass is 16.5. The highest BCUT2D eigenvalue weighted by Crippen LogP contribution is 2.67. The van der Waals surface area contributed by atoms with Gasteiger partial charge in [0.1, 0.15) is 34.5 Å². The fraction of sp³-hybridized carbons (Fsp3) is 0.0240. The van der Waals surface area contributed by atoms with Gasteiger partial charge in [-0.15, -0.1) is 0 Å². The van der Waals surface area contributed by atoms with Crippen LogP contribution in [0.3, 0.4) is 0 Å². The Balaban J connectivity index is 0.0000000986. The number of fused-ring (bicyclic) bond motifs is 35. The van der Waals surface area contributed by atoms with E-state index in [0.717, 1.165) is 62.3 Å². The third-order valence-electron chi connectivity index (χ3n) is 29.2. The molecule has 9 heterocycles. The number of rotatable bonds is 4. The monoisotopic (exact) mass is 1670 g/mol. The van der Waals surface area contributed by atoms with Gasteiger partial charge in [0, 0.05) is 82.4 Å². The van der Waals surface area contributed by atoms with Gasteiger partial charge >= 0.3 is 0 Å². The third-order valence-corrected chi connectivity index (χ3v) is 29.2. The van der Waals surface area contributed by atoms with E-state index in [9.17, 15) is 0 Å². The smallest absolute Gasteiger partial charge is 0.140 e. The highest BCUT2D eigenvalue weighted by Gasteiger charge is 2.55. The molecule has 0 bridgehead atoms. The summed E-state index contributed by atoms with van der Waals surface area (Å²) in [6.45, 7) is 0. The molecule has 3 aromatic heterocycles. The van der Waals surface area contributed by atoms with Crippen molar-refractivity contribution in [3.05, 3.63) is 534 Å². The Hall–Kier alpha value is -17.1. The van der Waals surface area contributed by atoms with E-state index in [-0.39, 0.29) is 0 Å². The Morgan fingerprint density at radius 1 is 0.160 bits per heavy atom. The number of ether oxygens (including phenoxy) is 3. The number of hydrogen-bond donors (Lipinski definition) is 0. The fourth-order valence-electron chi connectivity index (χ4n) is 24.0. The van der Waals surface area contributed by atoms with Gasteiger partial charge in [-0.2, -0.15) is 0 Å². The summed E-state index contributed by atoms with van der Waals surface area (Å²) < 4.78 is 28.3. The second-order valence-electron chi connectivity index (χ2n) is 35.3. The van der Waals surface area contributed by atoms with Crippen LogP contribution in [0.1, 0.15) is 66.8 Å². The number of aromatic nitrogens is 3. The second kappa shape index (κ2) is 28.0. The van der Waals surface area contributed by atoms with Gasteiger partial charge in [0.2, 0.25) is 0 Å². The van der Waals surface area contributed by atoms with Gasteiger partial charge < -0.3 is 27.9 Å². The van der Waals surface area contributed by atoms with Crippen molar-refractivity contribution >= 4 is 87.0 Å². The predicted octanol–water partition coefficient (Wildman–Crippen LogP) is 31.7. The average Bonchev–Trinajstić information content (AvgIpc) is 1.65.